The van der Waals surface area contributed by atoms with Crippen LogP contribution in [0.3, 0.4) is 0 Å². The molecule has 3 aromatic heterocycles. The first kappa shape index (κ1) is 23.5. The van der Waals surface area contributed by atoms with Crippen molar-refractivity contribution >= 4 is 34.3 Å². The molecule has 0 aliphatic carbocycles. The van der Waals surface area contributed by atoms with Crippen molar-refractivity contribution in [1.29, 1.82) is 0 Å². The predicted octanol–water partition coefficient (Wildman–Crippen LogP) is 4.90. The second kappa shape index (κ2) is 8.77. The minimum absolute atomic E-state index is 0.101. The van der Waals surface area contributed by atoms with Gasteiger partial charge in [-0.1, -0.05) is 38.4 Å². The summed E-state index contributed by atoms with van der Waals surface area (Å²) in [6.45, 7) is 12.0. The Morgan fingerprint density at radius 3 is 2.69 bits per heavy atom. The lowest BCUT2D eigenvalue weighted by Crippen LogP contribution is -2.25. The third-order valence-corrected chi connectivity index (χ3v) is 6.57. The average Bonchev–Trinajstić information content (AvgIpc) is 3.11. The summed E-state index contributed by atoms with van der Waals surface area (Å²) < 4.78 is 3.47. The number of nitrogens with zero attached hydrogens (tertiary/aromatic N) is 5. The molecule has 5 rings (SSSR count). The molecule has 0 saturated heterocycles. The van der Waals surface area contributed by atoms with E-state index < -0.39 is 0 Å². The van der Waals surface area contributed by atoms with Gasteiger partial charge in [-0.3, -0.25) is 4.79 Å². The molecule has 35 heavy (non-hydrogen) atoms. The molecule has 0 saturated carbocycles. The zero-order valence-electron chi connectivity index (χ0n) is 20.7. The Labute approximate surface area is 209 Å². The van der Waals surface area contributed by atoms with E-state index in [0.29, 0.717) is 27.8 Å². The Balaban J connectivity index is 1.65. The van der Waals surface area contributed by atoms with Crippen LogP contribution in [0.15, 0.2) is 41.3 Å². The smallest absolute Gasteiger partial charge is 0.278 e. The lowest BCUT2D eigenvalue weighted by molar-refractivity contribution is 0.469. The molecule has 1 aliphatic heterocycles. The lowest BCUT2D eigenvalue weighted by atomic mass is 9.92. The molecule has 4 heterocycles. The fourth-order valence-electron chi connectivity index (χ4n) is 4.42. The van der Waals surface area contributed by atoms with Crippen molar-refractivity contribution in [2.75, 3.05) is 11.9 Å². The summed E-state index contributed by atoms with van der Waals surface area (Å²) in [4.78, 5) is 27.4. The van der Waals surface area contributed by atoms with Gasteiger partial charge >= 0.3 is 0 Å². The molecule has 2 N–H and O–H groups in total. The lowest BCUT2D eigenvalue weighted by Gasteiger charge is -2.20. The van der Waals surface area contributed by atoms with Crippen LogP contribution in [0.5, 0.6) is 0 Å². The van der Waals surface area contributed by atoms with Gasteiger partial charge in [0.15, 0.2) is 11.5 Å². The quantitative estimate of drug-likeness (QED) is 0.422. The van der Waals surface area contributed by atoms with Gasteiger partial charge in [-0.25, -0.2) is 19.3 Å². The highest BCUT2D eigenvalue weighted by molar-refractivity contribution is 6.33. The van der Waals surface area contributed by atoms with E-state index in [2.05, 4.69) is 36.4 Å². The van der Waals surface area contributed by atoms with Crippen LogP contribution in [0.2, 0.25) is 5.02 Å². The molecule has 0 fully saturated rings. The molecule has 0 unspecified atom stereocenters. The Morgan fingerprint density at radius 2 is 1.94 bits per heavy atom. The summed E-state index contributed by atoms with van der Waals surface area (Å²) in [5.41, 5.74) is 4.33. The molecule has 8 nitrogen and oxygen atoms in total. The number of halogens is 1. The highest BCUT2D eigenvalue weighted by Crippen LogP contribution is 2.30. The molecule has 0 spiro atoms. The maximum atomic E-state index is 13.3. The second-order valence-electron chi connectivity index (χ2n) is 10.3. The van der Waals surface area contributed by atoms with Crippen molar-refractivity contribution in [3.8, 4) is 5.82 Å². The van der Waals surface area contributed by atoms with Crippen LogP contribution in [0.1, 0.15) is 57.5 Å². The fourth-order valence-corrected chi connectivity index (χ4v) is 4.66. The zero-order valence-corrected chi connectivity index (χ0v) is 21.4. The van der Waals surface area contributed by atoms with Crippen LogP contribution in [-0.4, -0.2) is 30.9 Å². The number of anilines is 2. The summed E-state index contributed by atoms with van der Waals surface area (Å²) in [7, 11) is 0. The molecule has 0 atom stereocenters. The molecule has 1 aromatic carbocycles. The molecule has 182 valence electrons. The molecular formula is C26H30ClN7O. The van der Waals surface area contributed by atoms with Gasteiger partial charge in [-0.15, -0.1) is 0 Å². The zero-order chi connectivity index (χ0) is 24.9. The van der Waals surface area contributed by atoms with Crippen LogP contribution in [0, 0.1) is 0 Å². The van der Waals surface area contributed by atoms with E-state index in [4.69, 9.17) is 21.6 Å². The van der Waals surface area contributed by atoms with Crippen LogP contribution < -0.4 is 16.2 Å². The Kier molecular flexibility index (Phi) is 5.89. The average molecular weight is 492 g/mol. The normalized spacial score (nSPS) is 13.9. The molecule has 0 bridgehead atoms. The molecule has 1 aliphatic rings. The van der Waals surface area contributed by atoms with Crippen molar-refractivity contribution in [3.05, 3.63) is 68.7 Å². The van der Waals surface area contributed by atoms with E-state index in [9.17, 15) is 4.79 Å². The molecule has 9 heteroatoms. The van der Waals surface area contributed by atoms with Gasteiger partial charge in [0.2, 0.25) is 5.95 Å². The van der Waals surface area contributed by atoms with Crippen LogP contribution in [-0.2, 0) is 18.4 Å². The summed E-state index contributed by atoms with van der Waals surface area (Å²) >= 11 is 6.58. The summed E-state index contributed by atoms with van der Waals surface area (Å²) in [5.74, 6) is 1.01. The predicted molar refractivity (Wildman–Crippen MR) is 140 cm³/mol. The summed E-state index contributed by atoms with van der Waals surface area (Å²) in [6.07, 6.45) is 2.53. The second-order valence-corrected chi connectivity index (χ2v) is 10.7. The maximum Gasteiger partial charge on any atom is 0.278 e. The van der Waals surface area contributed by atoms with Crippen LogP contribution in [0.25, 0.3) is 16.9 Å². The van der Waals surface area contributed by atoms with Gasteiger partial charge in [0.1, 0.15) is 5.39 Å². The highest BCUT2D eigenvalue weighted by Gasteiger charge is 2.22. The summed E-state index contributed by atoms with van der Waals surface area (Å²) in [5, 5.41) is 7.70. The third-order valence-electron chi connectivity index (χ3n) is 6.25. The van der Waals surface area contributed by atoms with Crippen molar-refractivity contribution in [2.45, 2.75) is 59.0 Å². The number of hydrogen-bond donors (Lipinski definition) is 2. The van der Waals surface area contributed by atoms with Crippen molar-refractivity contribution < 1.29 is 0 Å². The van der Waals surface area contributed by atoms with Gasteiger partial charge in [0.25, 0.3) is 5.56 Å². The van der Waals surface area contributed by atoms with Gasteiger partial charge < -0.3 is 10.6 Å². The summed E-state index contributed by atoms with van der Waals surface area (Å²) in [6, 6.07) is 9.81. The maximum absolute atomic E-state index is 13.3. The van der Waals surface area contributed by atoms with Crippen molar-refractivity contribution in [3.63, 3.8) is 0 Å². The van der Waals surface area contributed by atoms with E-state index >= 15 is 0 Å². The number of fused-ring (bicyclic) bond motifs is 2. The first-order valence-corrected chi connectivity index (χ1v) is 12.3. The largest absolute Gasteiger partial charge is 0.323 e. The molecular weight excluding hydrogens is 462 g/mol. The van der Waals surface area contributed by atoms with Crippen LogP contribution >= 0.6 is 11.6 Å². The van der Waals surface area contributed by atoms with Crippen molar-refractivity contribution in [1.82, 2.24) is 29.6 Å². The number of rotatable bonds is 4. The van der Waals surface area contributed by atoms with Gasteiger partial charge in [0.05, 0.1) is 10.7 Å². The van der Waals surface area contributed by atoms with Gasteiger partial charge in [0, 0.05) is 29.9 Å². The number of aromatic nitrogens is 5. The number of nitrogens with one attached hydrogen (secondary N) is 2. The minimum atomic E-state index is -0.151. The minimum Gasteiger partial charge on any atom is -0.323 e. The van der Waals surface area contributed by atoms with E-state index in [-0.39, 0.29) is 17.0 Å². The van der Waals surface area contributed by atoms with Gasteiger partial charge in [-0.2, -0.15) is 4.98 Å². The van der Waals surface area contributed by atoms with E-state index in [1.54, 1.807) is 15.6 Å². The third kappa shape index (κ3) is 4.32. The van der Waals surface area contributed by atoms with E-state index in [1.165, 1.54) is 11.1 Å². The number of benzene rings is 1. The van der Waals surface area contributed by atoms with Crippen molar-refractivity contribution in [2.24, 2.45) is 0 Å². The van der Waals surface area contributed by atoms with Crippen LogP contribution in [0.4, 0.5) is 11.6 Å². The first-order chi connectivity index (χ1) is 16.6. The molecule has 0 radical (unpaired) electrons. The first-order valence-electron chi connectivity index (χ1n) is 11.9. The SMILES string of the molecule is CC(C)n1c(=O)c2cnc(Nc3cc4c(cc3Cl)CCNC4)nc2n1-c1cccc(C(C)(C)C)n1. The molecule has 0 amide bonds. The van der Waals surface area contributed by atoms with Gasteiger partial charge in [-0.05, 0) is 62.2 Å². The fraction of sp³-hybridized carbons (Fsp3) is 0.385. The van der Waals surface area contributed by atoms with E-state index in [1.807, 2.05) is 44.2 Å². The highest BCUT2D eigenvalue weighted by atomic mass is 35.5. The monoisotopic (exact) mass is 491 g/mol. The Bertz CT molecular complexity index is 1480. The molecule has 4 aromatic rings. The topological polar surface area (TPSA) is 89.7 Å². The Hall–Kier alpha value is -3.23. The standard InChI is InChI=1S/C26H30ClN7O/c1-15(2)33-24(35)18-14-29-25(30-20-12-17-13-28-10-9-16(17)11-19(20)27)32-23(18)34(33)22-8-6-7-21(31-22)26(3,4)5/h6-8,11-12,14-15,28H,9-10,13H2,1-5H3,(H,29,30,32). The Morgan fingerprint density at radius 1 is 1.14 bits per heavy atom. The number of hydrogen-bond acceptors (Lipinski definition) is 6. The van der Waals surface area contributed by atoms with E-state index in [0.717, 1.165) is 30.9 Å². The number of pyridine rings is 1.